The molecule has 3 nitrogen and oxygen atoms in total. The van der Waals surface area contributed by atoms with Gasteiger partial charge in [0.05, 0.1) is 5.60 Å². The molecule has 1 aromatic carbocycles. The standard InChI is InChI=1S/C16H25NO2/c1-3-9-16(2,19)11-17-15-6-4-5-12-7-8-13(18)10-14(12)15/h7-8,10,15,17-19H,3-6,9,11H2,1-2H3. The summed E-state index contributed by atoms with van der Waals surface area (Å²) < 4.78 is 0. The number of hydrogen-bond donors (Lipinski definition) is 3. The van der Waals surface area contributed by atoms with E-state index in [-0.39, 0.29) is 6.04 Å². The Balaban J connectivity index is 2.05. The molecule has 0 spiro atoms. The zero-order chi connectivity index (χ0) is 13.9. The van der Waals surface area contributed by atoms with Gasteiger partial charge in [-0.25, -0.2) is 0 Å². The molecule has 0 heterocycles. The molecule has 3 N–H and O–H groups in total. The number of aryl methyl sites for hydroxylation is 1. The van der Waals surface area contributed by atoms with E-state index < -0.39 is 5.60 Å². The van der Waals surface area contributed by atoms with Crippen LogP contribution in [-0.2, 0) is 6.42 Å². The van der Waals surface area contributed by atoms with Gasteiger partial charge in [-0.15, -0.1) is 0 Å². The minimum Gasteiger partial charge on any atom is -0.508 e. The monoisotopic (exact) mass is 263 g/mol. The van der Waals surface area contributed by atoms with Crippen molar-refractivity contribution in [2.24, 2.45) is 0 Å². The minimum absolute atomic E-state index is 0.249. The van der Waals surface area contributed by atoms with E-state index in [0.29, 0.717) is 12.3 Å². The number of fused-ring (bicyclic) bond motifs is 1. The maximum Gasteiger partial charge on any atom is 0.115 e. The molecule has 0 aliphatic heterocycles. The Bertz CT molecular complexity index is 429. The largest absolute Gasteiger partial charge is 0.508 e. The summed E-state index contributed by atoms with van der Waals surface area (Å²) in [5, 5.41) is 23.3. The van der Waals surface area contributed by atoms with Gasteiger partial charge in [-0.05, 0) is 55.9 Å². The van der Waals surface area contributed by atoms with E-state index in [2.05, 4.69) is 12.2 Å². The third kappa shape index (κ3) is 3.71. The van der Waals surface area contributed by atoms with E-state index in [4.69, 9.17) is 0 Å². The summed E-state index contributed by atoms with van der Waals surface area (Å²) in [7, 11) is 0. The highest BCUT2D eigenvalue weighted by Gasteiger charge is 2.24. The number of phenolic OH excluding ortho intramolecular Hbond substituents is 1. The fourth-order valence-corrected chi connectivity index (χ4v) is 2.97. The SMILES string of the molecule is CCCC(C)(O)CNC1CCCc2ccc(O)cc21. The summed E-state index contributed by atoms with van der Waals surface area (Å²) in [6, 6.07) is 5.89. The Morgan fingerprint density at radius 1 is 1.42 bits per heavy atom. The third-order valence-electron chi connectivity index (χ3n) is 3.96. The Morgan fingerprint density at radius 3 is 2.95 bits per heavy atom. The van der Waals surface area contributed by atoms with Crippen molar-refractivity contribution in [1.82, 2.24) is 5.32 Å². The van der Waals surface area contributed by atoms with E-state index in [1.165, 1.54) is 11.1 Å². The summed E-state index contributed by atoms with van der Waals surface area (Å²) >= 11 is 0. The van der Waals surface area contributed by atoms with Crippen molar-refractivity contribution in [2.45, 2.75) is 57.6 Å². The highest BCUT2D eigenvalue weighted by molar-refractivity contribution is 5.38. The van der Waals surface area contributed by atoms with Crippen molar-refractivity contribution in [3.05, 3.63) is 29.3 Å². The topological polar surface area (TPSA) is 52.5 Å². The molecule has 1 aliphatic carbocycles. The van der Waals surface area contributed by atoms with Crippen LogP contribution in [0.25, 0.3) is 0 Å². The van der Waals surface area contributed by atoms with Gasteiger partial charge in [0.15, 0.2) is 0 Å². The molecule has 2 rings (SSSR count). The van der Waals surface area contributed by atoms with Crippen LogP contribution in [-0.4, -0.2) is 22.4 Å². The fraction of sp³-hybridized carbons (Fsp3) is 0.625. The van der Waals surface area contributed by atoms with Crippen molar-refractivity contribution >= 4 is 0 Å². The zero-order valence-corrected chi connectivity index (χ0v) is 11.9. The minimum atomic E-state index is -0.650. The number of aromatic hydroxyl groups is 1. The zero-order valence-electron chi connectivity index (χ0n) is 11.9. The number of hydrogen-bond acceptors (Lipinski definition) is 3. The maximum atomic E-state index is 10.2. The predicted molar refractivity (Wildman–Crippen MR) is 77.3 cm³/mol. The second-order valence-corrected chi connectivity index (χ2v) is 5.96. The first-order valence-corrected chi connectivity index (χ1v) is 7.29. The van der Waals surface area contributed by atoms with Crippen LogP contribution < -0.4 is 5.32 Å². The highest BCUT2D eigenvalue weighted by atomic mass is 16.3. The molecule has 1 aliphatic rings. The van der Waals surface area contributed by atoms with Crippen molar-refractivity contribution in [3.63, 3.8) is 0 Å². The first-order chi connectivity index (χ1) is 9.02. The number of benzene rings is 1. The Morgan fingerprint density at radius 2 is 2.21 bits per heavy atom. The van der Waals surface area contributed by atoms with Gasteiger partial charge in [0, 0.05) is 12.6 Å². The number of rotatable bonds is 5. The van der Waals surface area contributed by atoms with Crippen LogP contribution in [0.15, 0.2) is 18.2 Å². The molecule has 2 unspecified atom stereocenters. The lowest BCUT2D eigenvalue weighted by Gasteiger charge is -2.31. The molecule has 0 bridgehead atoms. The number of aliphatic hydroxyl groups is 1. The maximum absolute atomic E-state index is 10.2. The van der Waals surface area contributed by atoms with E-state index in [1.807, 2.05) is 19.1 Å². The van der Waals surface area contributed by atoms with Gasteiger partial charge < -0.3 is 15.5 Å². The van der Waals surface area contributed by atoms with E-state index in [0.717, 1.165) is 32.1 Å². The van der Waals surface area contributed by atoms with Crippen LogP contribution in [0.1, 0.15) is 56.7 Å². The molecular weight excluding hydrogens is 238 g/mol. The molecule has 1 aromatic rings. The first-order valence-electron chi connectivity index (χ1n) is 7.29. The van der Waals surface area contributed by atoms with Crippen molar-refractivity contribution in [3.8, 4) is 5.75 Å². The summed E-state index contributed by atoms with van der Waals surface area (Å²) in [6.07, 6.45) is 5.10. The lowest BCUT2D eigenvalue weighted by molar-refractivity contribution is 0.0465. The lowest BCUT2D eigenvalue weighted by atomic mass is 9.87. The summed E-state index contributed by atoms with van der Waals surface area (Å²) in [4.78, 5) is 0. The number of phenols is 1. The van der Waals surface area contributed by atoms with Gasteiger partial charge in [-0.1, -0.05) is 19.4 Å². The summed E-state index contributed by atoms with van der Waals surface area (Å²) in [6.45, 7) is 4.57. The molecule has 2 atom stereocenters. The lowest BCUT2D eigenvalue weighted by Crippen LogP contribution is -2.40. The molecule has 0 aromatic heterocycles. The Hall–Kier alpha value is -1.06. The second-order valence-electron chi connectivity index (χ2n) is 5.96. The van der Waals surface area contributed by atoms with Crippen molar-refractivity contribution < 1.29 is 10.2 Å². The molecule has 0 amide bonds. The summed E-state index contributed by atoms with van der Waals surface area (Å²) in [5.74, 6) is 0.327. The van der Waals surface area contributed by atoms with E-state index in [9.17, 15) is 10.2 Å². The second kappa shape index (κ2) is 5.93. The highest BCUT2D eigenvalue weighted by Crippen LogP contribution is 2.32. The van der Waals surface area contributed by atoms with Crippen LogP contribution >= 0.6 is 0 Å². The molecule has 0 fully saturated rings. The van der Waals surface area contributed by atoms with Gasteiger partial charge in [0.2, 0.25) is 0 Å². The first kappa shape index (κ1) is 14.4. The fourth-order valence-electron chi connectivity index (χ4n) is 2.97. The van der Waals surface area contributed by atoms with Gasteiger partial charge in [-0.2, -0.15) is 0 Å². The Labute approximate surface area is 115 Å². The molecule has 0 saturated heterocycles. The van der Waals surface area contributed by atoms with Crippen LogP contribution in [0, 0.1) is 0 Å². The van der Waals surface area contributed by atoms with Gasteiger partial charge in [0.1, 0.15) is 5.75 Å². The average Bonchev–Trinajstić information content (AvgIpc) is 2.36. The smallest absolute Gasteiger partial charge is 0.115 e. The van der Waals surface area contributed by atoms with Crippen LogP contribution in [0.3, 0.4) is 0 Å². The van der Waals surface area contributed by atoms with E-state index >= 15 is 0 Å². The van der Waals surface area contributed by atoms with E-state index in [1.54, 1.807) is 6.07 Å². The Kier molecular flexibility index (Phi) is 4.48. The number of nitrogens with one attached hydrogen (secondary N) is 1. The van der Waals surface area contributed by atoms with Crippen LogP contribution in [0.4, 0.5) is 0 Å². The normalized spacial score (nSPS) is 21.7. The summed E-state index contributed by atoms with van der Waals surface area (Å²) in [5.41, 5.74) is 1.86. The van der Waals surface area contributed by atoms with Gasteiger partial charge in [-0.3, -0.25) is 0 Å². The molecule has 19 heavy (non-hydrogen) atoms. The predicted octanol–water partition coefficient (Wildman–Crippen LogP) is 2.91. The molecule has 0 radical (unpaired) electrons. The molecular formula is C16H25NO2. The molecule has 3 heteroatoms. The third-order valence-corrected chi connectivity index (χ3v) is 3.96. The quantitative estimate of drug-likeness (QED) is 0.765. The van der Waals surface area contributed by atoms with Crippen molar-refractivity contribution in [2.75, 3.05) is 6.54 Å². The average molecular weight is 263 g/mol. The molecule has 106 valence electrons. The van der Waals surface area contributed by atoms with Gasteiger partial charge in [0.25, 0.3) is 0 Å². The van der Waals surface area contributed by atoms with Crippen molar-refractivity contribution in [1.29, 1.82) is 0 Å². The van der Waals surface area contributed by atoms with Gasteiger partial charge >= 0.3 is 0 Å². The molecule has 0 saturated carbocycles. The van der Waals surface area contributed by atoms with Crippen LogP contribution in [0.5, 0.6) is 5.75 Å². The van der Waals surface area contributed by atoms with Crippen LogP contribution in [0.2, 0.25) is 0 Å².